The summed E-state index contributed by atoms with van der Waals surface area (Å²) in [6, 6.07) is 8.68. The molecule has 7 nitrogen and oxygen atoms in total. The number of carbonyl (C=O) groups is 2. The Morgan fingerprint density at radius 2 is 2.00 bits per heavy atom. The highest BCUT2D eigenvalue weighted by atomic mass is 35.5. The van der Waals surface area contributed by atoms with Gasteiger partial charge in [-0.05, 0) is 38.5 Å². The number of aromatic carboxylic acids is 1. The molecule has 28 heavy (non-hydrogen) atoms. The van der Waals surface area contributed by atoms with Crippen molar-refractivity contribution >= 4 is 23.7 Å². The summed E-state index contributed by atoms with van der Waals surface area (Å²) in [7, 11) is 0. The van der Waals surface area contributed by atoms with Crippen molar-refractivity contribution in [1.82, 2.24) is 9.47 Å². The van der Waals surface area contributed by atoms with E-state index in [-0.39, 0.29) is 17.3 Å². The van der Waals surface area contributed by atoms with E-state index in [4.69, 9.17) is 21.6 Å². The minimum absolute atomic E-state index is 0.0355. The molecular formula is C20H20ClN3O4. The molecule has 0 spiro atoms. The first kappa shape index (κ1) is 19.8. The van der Waals surface area contributed by atoms with Crippen LogP contribution < -0.4 is 0 Å². The van der Waals surface area contributed by atoms with Crippen LogP contribution in [-0.2, 0) is 17.8 Å². The Bertz CT molecular complexity index is 998. The van der Waals surface area contributed by atoms with Crippen LogP contribution in [0.2, 0.25) is 5.15 Å². The number of nitriles is 1. The Balaban J connectivity index is 2.07. The Morgan fingerprint density at radius 3 is 2.61 bits per heavy atom. The monoisotopic (exact) mass is 401 g/mol. The molecule has 1 N–H and O–H groups in total. The number of hydrogen-bond acceptors (Lipinski definition) is 4. The highest BCUT2D eigenvalue weighted by Gasteiger charge is 2.33. The second kappa shape index (κ2) is 7.21. The number of fused-ring (bicyclic) bond motifs is 1. The van der Waals surface area contributed by atoms with E-state index in [1.165, 1.54) is 4.90 Å². The average molecular weight is 402 g/mol. The Hall–Kier alpha value is -2.98. The van der Waals surface area contributed by atoms with E-state index >= 15 is 0 Å². The van der Waals surface area contributed by atoms with Crippen LogP contribution in [0.25, 0.3) is 11.1 Å². The van der Waals surface area contributed by atoms with E-state index < -0.39 is 17.7 Å². The molecule has 1 aromatic carbocycles. The van der Waals surface area contributed by atoms with Gasteiger partial charge in [0.25, 0.3) is 0 Å². The van der Waals surface area contributed by atoms with Gasteiger partial charge >= 0.3 is 12.1 Å². The summed E-state index contributed by atoms with van der Waals surface area (Å²) < 4.78 is 7.11. The van der Waals surface area contributed by atoms with Crippen molar-refractivity contribution in [2.45, 2.75) is 39.5 Å². The highest BCUT2D eigenvalue weighted by molar-refractivity contribution is 6.33. The van der Waals surface area contributed by atoms with Gasteiger partial charge in [-0.3, -0.25) is 0 Å². The number of carboxylic acid groups (broad SMARTS) is 1. The molecule has 0 radical (unpaired) electrons. The average Bonchev–Trinajstić information content (AvgIpc) is 2.92. The number of benzene rings is 1. The van der Waals surface area contributed by atoms with Crippen molar-refractivity contribution in [3.8, 4) is 17.2 Å². The molecule has 0 unspecified atom stereocenters. The molecule has 0 atom stereocenters. The Morgan fingerprint density at radius 1 is 1.29 bits per heavy atom. The lowest BCUT2D eigenvalue weighted by atomic mass is 10.0. The van der Waals surface area contributed by atoms with Gasteiger partial charge in [-0.15, -0.1) is 0 Å². The SMILES string of the molecule is CC(C)(C)OC(=O)N1CCn2c(Cl)c(-c3cccc(C#N)c3)c(C(=O)O)c2C1. The summed E-state index contributed by atoms with van der Waals surface area (Å²) in [5.74, 6) is -1.14. The largest absolute Gasteiger partial charge is 0.478 e. The van der Waals surface area contributed by atoms with Crippen molar-refractivity contribution in [3.05, 3.63) is 46.2 Å². The fraction of sp³-hybridized carbons (Fsp3) is 0.350. The zero-order valence-corrected chi connectivity index (χ0v) is 16.6. The number of nitrogens with zero attached hydrogens (tertiary/aromatic N) is 3. The molecular weight excluding hydrogens is 382 g/mol. The smallest absolute Gasteiger partial charge is 0.410 e. The standard InChI is InChI=1S/C20H20ClN3O4/c1-20(2,3)28-19(27)23-7-8-24-14(11-23)16(18(25)26)15(17(24)21)13-6-4-5-12(9-13)10-22/h4-6,9H,7-8,11H2,1-3H3,(H,25,26). The van der Waals surface area contributed by atoms with E-state index in [9.17, 15) is 14.7 Å². The van der Waals surface area contributed by atoms with Gasteiger partial charge in [-0.1, -0.05) is 23.7 Å². The van der Waals surface area contributed by atoms with Crippen LogP contribution in [0.15, 0.2) is 24.3 Å². The van der Waals surface area contributed by atoms with Crippen LogP contribution >= 0.6 is 11.6 Å². The topological polar surface area (TPSA) is 95.6 Å². The number of aromatic nitrogens is 1. The number of carboxylic acids is 1. The molecule has 146 valence electrons. The third-order valence-electron chi connectivity index (χ3n) is 4.39. The third-order valence-corrected chi connectivity index (χ3v) is 4.78. The maximum Gasteiger partial charge on any atom is 0.410 e. The highest BCUT2D eigenvalue weighted by Crippen LogP contribution is 2.38. The lowest BCUT2D eigenvalue weighted by molar-refractivity contribution is 0.0196. The maximum absolute atomic E-state index is 12.4. The van der Waals surface area contributed by atoms with Gasteiger partial charge in [-0.2, -0.15) is 5.26 Å². The fourth-order valence-corrected chi connectivity index (χ4v) is 3.62. The molecule has 0 aliphatic carbocycles. The lowest BCUT2D eigenvalue weighted by Crippen LogP contribution is -2.41. The first-order valence-electron chi connectivity index (χ1n) is 8.75. The molecule has 2 heterocycles. The maximum atomic E-state index is 12.4. The summed E-state index contributed by atoms with van der Waals surface area (Å²) in [6.07, 6.45) is -0.500. The number of amides is 1. The van der Waals surface area contributed by atoms with Crippen LogP contribution in [0, 0.1) is 11.3 Å². The quantitative estimate of drug-likeness (QED) is 0.816. The molecule has 3 rings (SSSR count). The predicted molar refractivity (Wildman–Crippen MR) is 103 cm³/mol. The minimum atomic E-state index is -1.14. The van der Waals surface area contributed by atoms with Gasteiger partial charge in [0.15, 0.2) is 0 Å². The van der Waals surface area contributed by atoms with Gasteiger partial charge < -0.3 is 19.3 Å². The normalized spacial score (nSPS) is 13.6. The second-order valence-corrected chi connectivity index (χ2v) is 7.90. The van der Waals surface area contributed by atoms with Crippen molar-refractivity contribution in [2.24, 2.45) is 0 Å². The molecule has 1 aliphatic heterocycles. The molecule has 8 heteroatoms. The van der Waals surface area contributed by atoms with E-state index in [1.807, 2.05) is 6.07 Å². The minimum Gasteiger partial charge on any atom is -0.478 e. The second-order valence-electron chi connectivity index (χ2n) is 7.54. The number of halogens is 1. The third kappa shape index (κ3) is 3.69. The summed E-state index contributed by atoms with van der Waals surface area (Å²) >= 11 is 6.54. The lowest BCUT2D eigenvalue weighted by Gasteiger charge is -2.31. The van der Waals surface area contributed by atoms with Crippen LogP contribution in [0.3, 0.4) is 0 Å². The first-order chi connectivity index (χ1) is 13.1. The zero-order chi connectivity index (χ0) is 20.6. The van der Waals surface area contributed by atoms with Crippen LogP contribution in [0.5, 0.6) is 0 Å². The van der Waals surface area contributed by atoms with Crippen molar-refractivity contribution in [3.63, 3.8) is 0 Å². The first-order valence-corrected chi connectivity index (χ1v) is 9.13. The zero-order valence-electron chi connectivity index (χ0n) is 15.8. The van der Waals surface area contributed by atoms with E-state index in [1.54, 1.807) is 49.6 Å². The van der Waals surface area contributed by atoms with Gasteiger partial charge in [0, 0.05) is 18.7 Å². The summed E-state index contributed by atoms with van der Waals surface area (Å²) in [4.78, 5) is 26.0. The number of hydrogen-bond donors (Lipinski definition) is 1. The van der Waals surface area contributed by atoms with Gasteiger partial charge in [0.2, 0.25) is 0 Å². The van der Waals surface area contributed by atoms with Crippen molar-refractivity contribution in [2.75, 3.05) is 6.54 Å². The van der Waals surface area contributed by atoms with Gasteiger partial charge in [-0.25, -0.2) is 9.59 Å². The van der Waals surface area contributed by atoms with Crippen molar-refractivity contribution < 1.29 is 19.4 Å². The Kier molecular flexibility index (Phi) is 5.09. The summed E-state index contributed by atoms with van der Waals surface area (Å²) in [5, 5.41) is 19.3. The molecule has 2 aromatic rings. The molecule has 0 fully saturated rings. The molecule has 0 saturated heterocycles. The van der Waals surface area contributed by atoms with Crippen LogP contribution in [0.4, 0.5) is 4.79 Å². The number of carbonyl (C=O) groups excluding carboxylic acids is 1. The van der Waals surface area contributed by atoms with Gasteiger partial charge in [0.05, 0.1) is 29.4 Å². The summed E-state index contributed by atoms with van der Waals surface area (Å²) in [6.45, 7) is 6.11. The van der Waals surface area contributed by atoms with E-state index in [0.29, 0.717) is 35.5 Å². The van der Waals surface area contributed by atoms with E-state index in [0.717, 1.165) is 0 Å². The summed E-state index contributed by atoms with van der Waals surface area (Å²) in [5.41, 5.74) is 1.14. The number of rotatable bonds is 2. The Labute approximate surface area is 167 Å². The molecule has 1 aromatic heterocycles. The van der Waals surface area contributed by atoms with Crippen LogP contribution in [0.1, 0.15) is 42.4 Å². The molecule has 0 bridgehead atoms. The van der Waals surface area contributed by atoms with Gasteiger partial charge in [0.1, 0.15) is 10.8 Å². The molecule has 0 saturated carbocycles. The van der Waals surface area contributed by atoms with Crippen LogP contribution in [-0.4, -0.2) is 38.8 Å². The molecule has 1 amide bonds. The number of ether oxygens (including phenoxy) is 1. The molecule has 1 aliphatic rings. The van der Waals surface area contributed by atoms with Crippen molar-refractivity contribution in [1.29, 1.82) is 5.26 Å². The fourth-order valence-electron chi connectivity index (χ4n) is 3.23. The van der Waals surface area contributed by atoms with E-state index in [2.05, 4.69) is 0 Å². The predicted octanol–water partition coefficient (Wildman–Crippen LogP) is 4.13.